The molecule has 0 aliphatic rings. The minimum atomic E-state index is -0.0463. The lowest BCUT2D eigenvalue weighted by Crippen LogP contribution is -2.29. The van der Waals surface area contributed by atoms with Crippen molar-refractivity contribution in [3.05, 3.63) is 64.6 Å². The van der Waals surface area contributed by atoms with Crippen molar-refractivity contribution in [3.63, 3.8) is 0 Å². The van der Waals surface area contributed by atoms with Gasteiger partial charge in [0.15, 0.2) is 0 Å². The SMILES string of the molecule is CCC(CNC(=O)CSc1nnc(-c2ccccc2Br)o1)c1ccccc1. The van der Waals surface area contributed by atoms with Crippen LogP contribution in [0.25, 0.3) is 11.5 Å². The number of rotatable bonds is 8. The first-order valence-corrected chi connectivity index (χ1v) is 10.5. The third kappa shape index (κ3) is 5.43. The van der Waals surface area contributed by atoms with Crippen molar-refractivity contribution in [2.24, 2.45) is 0 Å². The Bertz CT molecular complexity index is 886. The van der Waals surface area contributed by atoms with E-state index in [-0.39, 0.29) is 11.7 Å². The van der Waals surface area contributed by atoms with Crippen molar-refractivity contribution in [1.82, 2.24) is 15.5 Å². The van der Waals surface area contributed by atoms with Crippen LogP contribution >= 0.6 is 27.7 Å². The minimum Gasteiger partial charge on any atom is -0.411 e. The Morgan fingerprint density at radius 2 is 1.89 bits per heavy atom. The molecule has 1 atom stereocenters. The predicted octanol–water partition coefficient (Wildman–Crippen LogP) is 4.90. The fraction of sp³-hybridized carbons (Fsp3) is 0.250. The van der Waals surface area contributed by atoms with Gasteiger partial charge in [-0.1, -0.05) is 61.2 Å². The second kappa shape index (κ2) is 9.71. The summed E-state index contributed by atoms with van der Waals surface area (Å²) in [6.45, 7) is 2.74. The number of nitrogens with one attached hydrogen (secondary N) is 1. The van der Waals surface area contributed by atoms with Crippen LogP contribution in [0.3, 0.4) is 0 Å². The van der Waals surface area contributed by atoms with Gasteiger partial charge in [-0.05, 0) is 40.0 Å². The Balaban J connectivity index is 1.50. The zero-order valence-corrected chi connectivity index (χ0v) is 17.3. The molecule has 0 spiro atoms. The summed E-state index contributed by atoms with van der Waals surface area (Å²) in [6.07, 6.45) is 0.969. The molecule has 0 saturated heterocycles. The molecular formula is C20H20BrN3O2S. The molecule has 3 rings (SSSR count). The first-order valence-electron chi connectivity index (χ1n) is 8.70. The summed E-state index contributed by atoms with van der Waals surface area (Å²) < 4.78 is 6.53. The Labute approximate surface area is 171 Å². The van der Waals surface area contributed by atoms with Crippen LogP contribution in [0.15, 0.2) is 68.7 Å². The number of carbonyl (C=O) groups excluding carboxylic acids is 1. The molecule has 140 valence electrons. The number of benzene rings is 2. The molecule has 1 unspecified atom stereocenters. The predicted molar refractivity (Wildman–Crippen MR) is 111 cm³/mol. The third-order valence-corrected chi connectivity index (χ3v) is 5.66. The van der Waals surface area contributed by atoms with Crippen LogP contribution in [-0.2, 0) is 4.79 Å². The lowest BCUT2D eigenvalue weighted by molar-refractivity contribution is -0.118. The second-order valence-corrected chi connectivity index (χ2v) is 7.74. The molecular weight excluding hydrogens is 426 g/mol. The van der Waals surface area contributed by atoms with Crippen molar-refractivity contribution in [3.8, 4) is 11.5 Å². The topological polar surface area (TPSA) is 68.0 Å². The fourth-order valence-electron chi connectivity index (χ4n) is 2.65. The highest BCUT2D eigenvalue weighted by Gasteiger charge is 2.14. The molecule has 27 heavy (non-hydrogen) atoms. The van der Waals surface area contributed by atoms with Crippen LogP contribution in [-0.4, -0.2) is 28.4 Å². The van der Waals surface area contributed by atoms with Crippen LogP contribution in [0, 0.1) is 0 Å². The monoisotopic (exact) mass is 445 g/mol. The molecule has 0 saturated carbocycles. The summed E-state index contributed by atoms with van der Waals surface area (Å²) in [5, 5.41) is 11.4. The number of carbonyl (C=O) groups is 1. The highest BCUT2D eigenvalue weighted by Crippen LogP contribution is 2.28. The van der Waals surface area contributed by atoms with E-state index in [2.05, 4.69) is 50.5 Å². The molecule has 2 aromatic carbocycles. The van der Waals surface area contributed by atoms with Gasteiger partial charge in [-0.15, -0.1) is 10.2 Å². The Kier molecular flexibility index (Phi) is 7.06. The molecule has 1 heterocycles. The van der Waals surface area contributed by atoms with E-state index >= 15 is 0 Å². The lowest BCUT2D eigenvalue weighted by atomic mass is 9.96. The summed E-state index contributed by atoms with van der Waals surface area (Å²) in [6, 6.07) is 17.9. The zero-order chi connectivity index (χ0) is 19.1. The summed E-state index contributed by atoms with van der Waals surface area (Å²) in [7, 11) is 0. The molecule has 0 radical (unpaired) electrons. The first-order chi connectivity index (χ1) is 13.2. The number of hydrogen-bond donors (Lipinski definition) is 1. The van der Waals surface area contributed by atoms with Crippen LogP contribution in [0.5, 0.6) is 0 Å². The average Bonchev–Trinajstić information content (AvgIpc) is 3.17. The van der Waals surface area contributed by atoms with E-state index in [1.165, 1.54) is 17.3 Å². The number of thioether (sulfide) groups is 1. The zero-order valence-electron chi connectivity index (χ0n) is 14.9. The summed E-state index contributed by atoms with van der Waals surface area (Å²) in [5.74, 6) is 0.934. The van der Waals surface area contributed by atoms with Crippen LogP contribution in [0.1, 0.15) is 24.8 Å². The Hall–Kier alpha value is -2.12. The summed E-state index contributed by atoms with van der Waals surface area (Å²) in [4.78, 5) is 12.2. The molecule has 1 N–H and O–H groups in total. The van der Waals surface area contributed by atoms with E-state index in [1.54, 1.807) is 0 Å². The maximum atomic E-state index is 12.2. The van der Waals surface area contributed by atoms with Crippen LogP contribution in [0.2, 0.25) is 0 Å². The highest BCUT2D eigenvalue weighted by molar-refractivity contribution is 9.10. The van der Waals surface area contributed by atoms with E-state index in [1.807, 2.05) is 42.5 Å². The van der Waals surface area contributed by atoms with E-state index in [0.717, 1.165) is 16.5 Å². The molecule has 0 aliphatic carbocycles. The molecule has 1 aromatic heterocycles. The Morgan fingerprint density at radius 1 is 1.15 bits per heavy atom. The maximum Gasteiger partial charge on any atom is 0.277 e. The number of nitrogens with zero attached hydrogens (tertiary/aromatic N) is 2. The van der Waals surface area contributed by atoms with Crippen molar-refractivity contribution < 1.29 is 9.21 Å². The molecule has 0 bridgehead atoms. The quantitative estimate of drug-likeness (QED) is 0.499. The molecule has 0 fully saturated rings. The van der Waals surface area contributed by atoms with Gasteiger partial charge in [0.05, 0.1) is 11.3 Å². The number of amides is 1. The van der Waals surface area contributed by atoms with Gasteiger partial charge in [-0.3, -0.25) is 4.79 Å². The van der Waals surface area contributed by atoms with Crippen LogP contribution in [0.4, 0.5) is 0 Å². The molecule has 7 heteroatoms. The van der Waals surface area contributed by atoms with Gasteiger partial charge in [0, 0.05) is 16.9 Å². The van der Waals surface area contributed by atoms with Gasteiger partial charge in [-0.25, -0.2) is 0 Å². The van der Waals surface area contributed by atoms with Gasteiger partial charge in [0.1, 0.15) is 0 Å². The number of hydrogen-bond acceptors (Lipinski definition) is 5. The summed E-state index contributed by atoms with van der Waals surface area (Å²) >= 11 is 4.70. The molecule has 5 nitrogen and oxygen atoms in total. The smallest absolute Gasteiger partial charge is 0.277 e. The molecule has 1 amide bonds. The first kappa shape index (κ1) is 19.6. The Morgan fingerprint density at radius 3 is 2.63 bits per heavy atom. The third-order valence-electron chi connectivity index (χ3n) is 4.15. The number of aromatic nitrogens is 2. The number of halogens is 1. The molecule has 3 aromatic rings. The van der Waals surface area contributed by atoms with Crippen molar-refractivity contribution >= 4 is 33.6 Å². The fourth-order valence-corrected chi connectivity index (χ4v) is 3.70. The van der Waals surface area contributed by atoms with Gasteiger partial charge in [0.25, 0.3) is 5.22 Å². The van der Waals surface area contributed by atoms with Crippen molar-refractivity contribution in [1.29, 1.82) is 0 Å². The standard InChI is InChI=1S/C20H20BrN3O2S/c1-2-14(15-8-4-3-5-9-15)12-22-18(25)13-27-20-24-23-19(26-20)16-10-6-7-11-17(16)21/h3-11,14H,2,12-13H2,1H3,(H,22,25). The van der Waals surface area contributed by atoms with Gasteiger partial charge < -0.3 is 9.73 Å². The van der Waals surface area contributed by atoms with Gasteiger partial charge in [-0.2, -0.15) is 0 Å². The average molecular weight is 446 g/mol. The van der Waals surface area contributed by atoms with Crippen LogP contribution < -0.4 is 5.32 Å². The highest BCUT2D eigenvalue weighted by atomic mass is 79.9. The van der Waals surface area contributed by atoms with Crippen molar-refractivity contribution in [2.45, 2.75) is 24.5 Å². The van der Waals surface area contributed by atoms with Gasteiger partial charge in [0.2, 0.25) is 11.8 Å². The minimum absolute atomic E-state index is 0.0463. The van der Waals surface area contributed by atoms with E-state index in [0.29, 0.717) is 23.6 Å². The molecule has 0 aliphatic heterocycles. The van der Waals surface area contributed by atoms with E-state index in [9.17, 15) is 4.79 Å². The van der Waals surface area contributed by atoms with Crippen molar-refractivity contribution in [2.75, 3.05) is 12.3 Å². The normalized spacial score (nSPS) is 11.9. The second-order valence-electron chi connectivity index (χ2n) is 5.96. The lowest BCUT2D eigenvalue weighted by Gasteiger charge is -2.15. The van der Waals surface area contributed by atoms with E-state index in [4.69, 9.17) is 4.42 Å². The maximum absolute atomic E-state index is 12.2. The largest absolute Gasteiger partial charge is 0.411 e. The van der Waals surface area contributed by atoms with E-state index < -0.39 is 0 Å². The summed E-state index contributed by atoms with van der Waals surface area (Å²) in [5.41, 5.74) is 2.07. The van der Waals surface area contributed by atoms with Gasteiger partial charge >= 0.3 is 0 Å².